The third-order valence-corrected chi connectivity index (χ3v) is 4.95. The molecule has 0 aliphatic carbocycles. The Kier molecular flexibility index (Phi) is 6.26. The fourth-order valence-electron chi connectivity index (χ4n) is 1.87. The summed E-state index contributed by atoms with van der Waals surface area (Å²) in [5.74, 6) is -0.483. The molecule has 3 atom stereocenters. The summed E-state index contributed by atoms with van der Waals surface area (Å²) in [6.45, 7) is 6.85. The molecule has 0 heterocycles. The van der Waals surface area contributed by atoms with E-state index >= 15 is 0 Å². The van der Waals surface area contributed by atoms with Crippen molar-refractivity contribution in [3.05, 3.63) is 29.0 Å². The van der Waals surface area contributed by atoms with Crippen LogP contribution in [0, 0.1) is 5.82 Å². The monoisotopic (exact) mass is 291 g/mol. The first-order valence-electron chi connectivity index (χ1n) is 6.10. The summed E-state index contributed by atoms with van der Waals surface area (Å²) in [4.78, 5) is 0.574. The predicted molar refractivity (Wildman–Crippen MR) is 75.0 cm³/mol. The van der Waals surface area contributed by atoms with Gasteiger partial charge in [0.2, 0.25) is 0 Å². The maximum Gasteiger partial charge on any atom is 0.141 e. The Morgan fingerprint density at radius 2 is 2.11 bits per heavy atom. The average Bonchev–Trinajstić information content (AvgIpc) is 2.37. The van der Waals surface area contributed by atoms with E-state index in [0.717, 1.165) is 13.0 Å². The molecule has 1 rings (SSSR count). The highest BCUT2D eigenvalue weighted by Gasteiger charge is 2.22. The summed E-state index contributed by atoms with van der Waals surface area (Å²) in [7, 11) is -1.19. The minimum absolute atomic E-state index is 0.0181. The molecule has 2 nitrogen and oxygen atoms in total. The number of hydrogen-bond donors (Lipinski definition) is 1. The summed E-state index contributed by atoms with van der Waals surface area (Å²) < 4.78 is 25.4. The Balaban J connectivity index is 2.88. The first-order valence-corrected chi connectivity index (χ1v) is 7.69. The van der Waals surface area contributed by atoms with Crippen LogP contribution in [0.15, 0.2) is 23.1 Å². The van der Waals surface area contributed by atoms with E-state index in [0.29, 0.717) is 4.90 Å². The zero-order valence-electron chi connectivity index (χ0n) is 10.9. The molecule has 0 bridgehead atoms. The molecule has 102 valence electrons. The summed E-state index contributed by atoms with van der Waals surface area (Å²) in [6.07, 6.45) is 0.898. The smallest absolute Gasteiger partial charge is 0.141 e. The van der Waals surface area contributed by atoms with Gasteiger partial charge in [-0.1, -0.05) is 25.4 Å². The highest BCUT2D eigenvalue weighted by atomic mass is 35.5. The Morgan fingerprint density at radius 1 is 1.44 bits per heavy atom. The highest BCUT2D eigenvalue weighted by molar-refractivity contribution is 7.85. The van der Waals surface area contributed by atoms with Crippen LogP contribution < -0.4 is 5.32 Å². The van der Waals surface area contributed by atoms with E-state index in [-0.39, 0.29) is 16.3 Å². The zero-order chi connectivity index (χ0) is 13.7. The van der Waals surface area contributed by atoms with Gasteiger partial charge in [0.05, 0.1) is 21.1 Å². The van der Waals surface area contributed by atoms with E-state index in [1.54, 1.807) is 0 Å². The predicted octanol–water partition coefficient (Wildman–Crippen LogP) is 3.36. The SMILES string of the molecule is CCNC(CC)C(C)S(=O)c1ccc(F)c(Cl)c1. The number of rotatable bonds is 6. The van der Waals surface area contributed by atoms with Crippen LogP contribution in [0.3, 0.4) is 0 Å². The lowest BCUT2D eigenvalue weighted by Gasteiger charge is -2.23. The Hall–Kier alpha value is -0.450. The summed E-state index contributed by atoms with van der Waals surface area (Å²) >= 11 is 5.71. The number of benzene rings is 1. The van der Waals surface area contributed by atoms with Gasteiger partial charge in [0.25, 0.3) is 0 Å². The Morgan fingerprint density at radius 3 is 2.61 bits per heavy atom. The second-order valence-electron chi connectivity index (χ2n) is 4.15. The second kappa shape index (κ2) is 7.22. The molecule has 0 radical (unpaired) electrons. The van der Waals surface area contributed by atoms with E-state index in [2.05, 4.69) is 12.2 Å². The molecule has 3 unspecified atom stereocenters. The van der Waals surface area contributed by atoms with Crippen molar-refractivity contribution in [3.8, 4) is 0 Å². The fraction of sp³-hybridized carbons (Fsp3) is 0.538. The van der Waals surface area contributed by atoms with Gasteiger partial charge in [0.1, 0.15) is 5.82 Å². The van der Waals surface area contributed by atoms with Gasteiger partial charge in [-0.2, -0.15) is 0 Å². The van der Waals surface area contributed by atoms with E-state index in [1.165, 1.54) is 18.2 Å². The van der Waals surface area contributed by atoms with Crippen molar-refractivity contribution in [2.75, 3.05) is 6.54 Å². The number of halogens is 2. The van der Waals surface area contributed by atoms with Crippen LogP contribution >= 0.6 is 11.6 Å². The molecular weight excluding hydrogens is 273 g/mol. The molecule has 1 N–H and O–H groups in total. The van der Waals surface area contributed by atoms with Gasteiger partial charge in [0.15, 0.2) is 0 Å². The molecule has 0 amide bonds. The summed E-state index contributed by atoms with van der Waals surface area (Å²) in [5, 5.41) is 3.28. The molecule has 0 saturated heterocycles. The van der Waals surface area contributed by atoms with Crippen molar-refractivity contribution >= 4 is 22.4 Å². The minimum Gasteiger partial charge on any atom is -0.313 e. The molecule has 1 aromatic rings. The van der Waals surface area contributed by atoms with Crippen molar-refractivity contribution in [3.63, 3.8) is 0 Å². The second-order valence-corrected chi connectivity index (χ2v) is 6.37. The summed E-state index contributed by atoms with van der Waals surface area (Å²) in [5.41, 5.74) is 0. The maximum absolute atomic E-state index is 13.1. The third-order valence-electron chi connectivity index (χ3n) is 2.93. The van der Waals surface area contributed by atoms with Gasteiger partial charge in [-0.25, -0.2) is 4.39 Å². The zero-order valence-corrected chi connectivity index (χ0v) is 12.4. The lowest BCUT2D eigenvalue weighted by atomic mass is 10.2. The van der Waals surface area contributed by atoms with Crippen LogP contribution in [0.5, 0.6) is 0 Å². The number of hydrogen-bond acceptors (Lipinski definition) is 2. The first kappa shape index (κ1) is 15.6. The topological polar surface area (TPSA) is 29.1 Å². The van der Waals surface area contributed by atoms with Crippen LogP contribution in [-0.2, 0) is 10.8 Å². The molecule has 0 saturated carbocycles. The van der Waals surface area contributed by atoms with E-state index < -0.39 is 16.6 Å². The Labute approximate surface area is 115 Å². The molecule has 0 aromatic heterocycles. The van der Waals surface area contributed by atoms with Gasteiger partial charge < -0.3 is 5.32 Å². The van der Waals surface area contributed by atoms with Crippen LogP contribution in [-0.4, -0.2) is 22.0 Å². The normalized spacial score (nSPS) is 16.3. The molecule has 0 aliphatic heterocycles. The quantitative estimate of drug-likeness (QED) is 0.871. The van der Waals surface area contributed by atoms with Crippen molar-refractivity contribution in [2.45, 2.75) is 43.4 Å². The Bertz CT molecular complexity index is 427. The minimum atomic E-state index is -1.19. The van der Waals surface area contributed by atoms with Gasteiger partial charge >= 0.3 is 0 Å². The first-order chi connectivity index (χ1) is 8.51. The van der Waals surface area contributed by atoms with Gasteiger partial charge in [0, 0.05) is 10.9 Å². The van der Waals surface area contributed by atoms with E-state index in [1.807, 2.05) is 13.8 Å². The standard InChI is InChI=1S/C13H19ClFNOS/c1-4-13(16-5-2)9(3)18(17)10-6-7-12(15)11(14)8-10/h6-9,13,16H,4-5H2,1-3H3. The molecule has 0 spiro atoms. The lowest BCUT2D eigenvalue weighted by Crippen LogP contribution is -2.39. The van der Waals surface area contributed by atoms with E-state index in [9.17, 15) is 8.60 Å². The van der Waals surface area contributed by atoms with Gasteiger partial charge in [-0.15, -0.1) is 0 Å². The van der Waals surface area contributed by atoms with Crippen molar-refractivity contribution < 1.29 is 8.60 Å². The maximum atomic E-state index is 13.1. The number of nitrogens with one attached hydrogen (secondary N) is 1. The average molecular weight is 292 g/mol. The van der Waals surface area contributed by atoms with Gasteiger partial charge in [-0.3, -0.25) is 4.21 Å². The van der Waals surface area contributed by atoms with Crippen molar-refractivity contribution in [1.29, 1.82) is 0 Å². The van der Waals surface area contributed by atoms with Crippen molar-refractivity contribution in [2.24, 2.45) is 0 Å². The van der Waals surface area contributed by atoms with Crippen LogP contribution in [0.1, 0.15) is 27.2 Å². The van der Waals surface area contributed by atoms with Crippen molar-refractivity contribution in [1.82, 2.24) is 5.32 Å². The van der Waals surface area contributed by atoms with Crippen LogP contribution in [0.25, 0.3) is 0 Å². The lowest BCUT2D eigenvalue weighted by molar-refractivity contribution is 0.500. The molecule has 5 heteroatoms. The molecule has 0 aliphatic rings. The highest BCUT2D eigenvalue weighted by Crippen LogP contribution is 2.21. The van der Waals surface area contributed by atoms with Crippen LogP contribution in [0.4, 0.5) is 4.39 Å². The van der Waals surface area contributed by atoms with Crippen LogP contribution in [0.2, 0.25) is 5.02 Å². The summed E-state index contributed by atoms with van der Waals surface area (Å²) in [6, 6.07) is 4.42. The molecule has 1 aromatic carbocycles. The van der Waals surface area contributed by atoms with Gasteiger partial charge in [-0.05, 0) is 38.1 Å². The molecule has 0 fully saturated rings. The molecule has 18 heavy (non-hydrogen) atoms. The largest absolute Gasteiger partial charge is 0.313 e. The van der Waals surface area contributed by atoms with E-state index in [4.69, 9.17) is 11.6 Å². The third kappa shape index (κ3) is 3.77. The fourth-order valence-corrected chi connectivity index (χ4v) is 3.57. The molecular formula is C13H19ClFNOS.